The molecule has 0 spiro atoms. The van der Waals surface area contributed by atoms with Crippen molar-refractivity contribution >= 4 is 11.8 Å². The molecule has 0 aromatic carbocycles. The summed E-state index contributed by atoms with van der Waals surface area (Å²) in [7, 11) is 0. The van der Waals surface area contributed by atoms with Gasteiger partial charge in [-0.1, -0.05) is 6.92 Å². The molecular formula is C5H11OS. The fraction of sp³-hybridized carbons (Fsp3) is 0.800. The number of thioether (sulfide) groups is 1. The Hall–Kier alpha value is 0.310. The molecule has 1 nitrogen and oxygen atoms in total. The SMILES string of the molecule is [CH2]CC(O)SCC. The minimum absolute atomic E-state index is 0.245. The van der Waals surface area contributed by atoms with Crippen molar-refractivity contribution in [3.8, 4) is 0 Å². The maximum absolute atomic E-state index is 8.76. The first-order valence-corrected chi connectivity index (χ1v) is 3.45. The summed E-state index contributed by atoms with van der Waals surface area (Å²) in [4.78, 5) is 0. The highest BCUT2D eigenvalue weighted by Crippen LogP contribution is 2.08. The second kappa shape index (κ2) is 4.47. The maximum Gasteiger partial charge on any atom is 0.0992 e. The summed E-state index contributed by atoms with van der Waals surface area (Å²) in [6, 6.07) is 0. The van der Waals surface area contributed by atoms with Crippen LogP contribution in [0.15, 0.2) is 0 Å². The van der Waals surface area contributed by atoms with Crippen LogP contribution >= 0.6 is 11.8 Å². The van der Waals surface area contributed by atoms with Gasteiger partial charge in [0, 0.05) is 0 Å². The summed E-state index contributed by atoms with van der Waals surface area (Å²) < 4.78 is 0. The predicted octanol–water partition coefficient (Wildman–Crippen LogP) is 1.28. The molecule has 43 valence electrons. The van der Waals surface area contributed by atoms with E-state index in [4.69, 9.17) is 5.11 Å². The van der Waals surface area contributed by atoms with Gasteiger partial charge in [0.05, 0.1) is 5.44 Å². The quantitative estimate of drug-likeness (QED) is 0.565. The topological polar surface area (TPSA) is 20.2 Å². The standard InChI is InChI=1S/C5H11OS/c1-3-5(6)7-4-2/h5-6H,1,3-4H2,2H3. The third kappa shape index (κ3) is 4.16. The summed E-state index contributed by atoms with van der Waals surface area (Å²) in [5.41, 5.74) is -0.245. The molecule has 0 aromatic rings. The van der Waals surface area contributed by atoms with Crippen LogP contribution < -0.4 is 0 Å². The Balaban J connectivity index is 2.83. The van der Waals surface area contributed by atoms with Gasteiger partial charge in [-0.25, -0.2) is 0 Å². The lowest BCUT2D eigenvalue weighted by Crippen LogP contribution is -1.96. The predicted molar refractivity (Wildman–Crippen MR) is 34.1 cm³/mol. The van der Waals surface area contributed by atoms with Crippen molar-refractivity contribution in [2.45, 2.75) is 18.8 Å². The Bertz CT molecular complexity index is 39.1. The molecule has 1 N–H and O–H groups in total. The molecule has 0 aliphatic carbocycles. The van der Waals surface area contributed by atoms with Crippen LogP contribution in [0.4, 0.5) is 0 Å². The molecule has 0 saturated carbocycles. The molecule has 1 atom stereocenters. The van der Waals surface area contributed by atoms with Crippen LogP contribution in [0, 0.1) is 6.92 Å². The Morgan fingerprint density at radius 3 is 2.57 bits per heavy atom. The molecule has 2 heteroatoms. The van der Waals surface area contributed by atoms with E-state index < -0.39 is 0 Å². The van der Waals surface area contributed by atoms with Gasteiger partial charge in [0.25, 0.3) is 0 Å². The molecule has 0 aliphatic heterocycles. The second-order valence-electron chi connectivity index (χ2n) is 1.20. The molecule has 0 saturated heterocycles. The van der Waals surface area contributed by atoms with E-state index in [0.29, 0.717) is 6.42 Å². The van der Waals surface area contributed by atoms with Crippen LogP contribution in [0.5, 0.6) is 0 Å². The van der Waals surface area contributed by atoms with Crippen molar-refractivity contribution in [3.63, 3.8) is 0 Å². The maximum atomic E-state index is 8.76. The van der Waals surface area contributed by atoms with Gasteiger partial charge < -0.3 is 5.11 Å². The normalized spacial score (nSPS) is 14.1. The van der Waals surface area contributed by atoms with Crippen molar-refractivity contribution in [1.82, 2.24) is 0 Å². The minimum atomic E-state index is -0.245. The van der Waals surface area contributed by atoms with Gasteiger partial charge in [-0.2, -0.15) is 0 Å². The van der Waals surface area contributed by atoms with E-state index >= 15 is 0 Å². The van der Waals surface area contributed by atoms with Crippen LogP contribution in [-0.2, 0) is 0 Å². The zero-order valence-corrected chi connectivity index (χ0v) is 5.37. The number of hydrogen-bond donors (Lipinski definition) is 1. The zero-order valence-electron chi connectivity index (χ0n) is 4.55. The Kier molecular flexibility index (Phi) is 4.67. The highest BCUT2D eigenvalue weighted by molar-refractivity contribution is 7.99. The van der Waals surface area contributed by atoms with Crippen molar-refractivity contribution in [2.75, 3.05) is 5.75 Å². The van der Waals surface area contributed by atoms with Crippen molar-refractivity contribution in [2.24, 2.45) is 0 Å². The summed E-state index contributed by atoms with van der Waals surface area (Å²) in [5.74, 6) is 0.969. The smallest absolute Gasteiger partial charge is 0.0992 e. The highest BCUT2D eigenvalue weighted by atomic mass is 32.2. The fourth-order valence-corrected chi connectivity index (χ4v) is 0.827. The van der Waals surface area contributed by atoms with E-state index in [1.54, 1.807) is 0 Å². The van der Waals surface area contributed by atoms with Gasteiger partial charge >= 0.3 is 0 Å². The van der Waals surface area contributed by atoms with Gasteiger partial charge in [-0.15, -0.1) is 11.8 Å². The average Bonchev–Trinajstić information content (AvgIpc) is 1.68. The molecule has 1 radical (unpaired) electrons. The molecule has 0 aromatic heterocycles. The molecule has 7 heavy (non-hydrogen) atoms. The van der Waals surface area contributed by atoms with Crippen molar-refractivity contribution in [1.29, 1.82) is 0 Å². The van der Waals surface area contributed by atoms with Gasteiger partial charge in [-0.05, 0) is 19.1 Å². The third-order valence-corrected chi connectivity index (χ3v) is 1.56. The number of aliphatic hydroxyl groups excluding tert-OH is 1. The average molecular weight is 119 g/mol. The molecular weight excluding hydrogens is 108 g/mol. The molecule has 0 aliphatic rings. The number of aliphatic hydroxyl groups is 1. The Morgan fingerprint density at radius 2 is 2.43 bits per heavy atom. The van der Waals surface area contributed by atoms with Crippen molar-refractivity contribution < 1.29 is 5.11 Å². The van der Waals surface area contributed by atoms with Crippen LogP contribution in [0.25, 0.3) is 0 Å². The molecule has 0 fully saturated rings. The summed E-state index contributed by atoms with van der Waals surface area (Å²) in [6.45, 7) is 5.55. The Morgan fingerprint density at radius 1 is 1.86 bits per heavy atom. The van der Waals surface area contributed by atoms with Crippen LogP contribution in [-0.4, -0.2) is 16.3 Å². The molecule has 0 heterocycles. The first-order chi connectivity index (χ1) is 3.31. The molecule has 0 bridgehead atoms. The van der Waals surface area contributed by atoms with E-state index in [0.717, 1.165) is 5.75 Å². The fourth-order valence-electron chi connectivity index (χ4n) is 0.276. The summed E-state index contributed by atoms with van der Waals surface area (Å²) in [5, 5.41) is 8.76. The summed E-state index contributed by atoms with van der Waals surface area (Å²) >= 11 is 1.52. The zero-order chi connectivity index (χ0) is 5.70. The first kappa shape index (κ1) is 7.31. The minimum Gasteiger partial charge on any atom is -0.382 e. The van der Waals surface area contributed by atoms with Crippen LogP contribution in [0.1, 0.15) is 13.3 Å². The van der Waals surface area contributed by atoms with Crippen LogP contribution in [0.3, 0.4) is 0 Å². The van der Waals surface area contributed by atoms with Gasteiger partial charge in [-0.3, -0.25) is 0 Å². The first-order valence-electron chi connectivity index (χ1n) is 2.40. The lowest BCUT2D eigenvalue weighted by atomic mass is 10.5. The van der Waals surface area contributed by atoms with Crippen molar-refractivity contribution in [3.05, 3.63) is 6.92 Å². The monoisotopic (exact) mass is 119 g/mol. The molecule has 0 amide bonds. The molecule has 0 rings (SSSR count). The second-order valence-corrected chi connectivity index (χ2v) is 2.65. The van der Waals surface area contributed by atoms with Crippen LogP contribution in [0.2, 0.25) is 0 Å². The van der Waals surface area contributed by atoms with E-state index in [1.165, 1.54) is 11.8 Å². The van der Waals surface area contributed by atoms with E-state index in [2.05, 4.69) is 6.92 Å². The molecule has 1 unspecified atom stereocenters. The van der Waals surface area contributed by atoms with E-state index in [9.17, 15) is 0 Å². The van der Waals surface area contributed by atoms with Gasteiger partial charge in [0.15, 0.2) is 0 Å². The number of rotatable bonds is 3. The third-order valence-electron chi connectivity index (χ3n) is 0.606. The largest absolute Gasteiger partial charge is 0.382 e. The highest BCUT2D eigenvalue weighted by Gasteiger charge is 1.94. The van der Waals surface area contributed by atoms with Gasteiger partial charge in [0.1, 0.15) is 0 Å². The lowest BCUT2D eigenvalue weighted by Gasteiger charge is -2.01. The Labute approximate surface area is 49.1 Å². The van der Waals surface area contributed by atoms with Gasteiger partial charge in [0.2, 0.25) is 0 Å². The van der Waals surface area contributed by atoms with E-state index in [-0.39, 0.29) is 5.44 Å². The lowest BCUT2D eigenvalue weighted by molar-refractivity contribution is 0.266. The van der Waals surface area contributed by atoms with E-state index in [1.807, 2.05) is 6.92 Å². The summed E-state index contributed by atoms with van der Waals surface area (Å²) in [6.07, 6.45) is 0.610. The number of hydrogen-bond acceptors (Lipinski definition) is 2.